The van der Waals surface area contributed by atoms with Crippen molar-refractivity contribution in [2.24, 2.45) is 0 Å². The first-order valence-corrected chi connectivity index (χ1v) is 8.98. The van der Waals surface area contributed by atoms with Gasteiger partial charge in [0, 0.05) is 31.1 Å². The zero-order valence-corrected chi connectivity index (χ0v) is 16.0. The maximum absolute atomic E-state index is 12.1. The van der Waals surface area contributed by atoms with Crippen molar-refractivity contribution in [1.82, 2.24) is 19.7 Å². The van der Waals surface area contributed by atoms with Crippen molar-refractivity contribution in [2.75, 3.05) is 26.0 Å². The van der Waals surface area contributed by atoms with Crippen LogP contribution in [0.15, 0.2) is 47.3 Å². The number of hydrogen-bond acceptors (Lipinski definition) is 5. The molecule has 7 heteroatoms. The highest BCUT2D eigenvalue weighted by Gasteiger charge is 2.10. The lowest BCUT2D eigenvalue weighted by molar-refractivity contribution is -0.116. The van der Waals surface area contributed by atoms with Crippen molar-refractivity contribution in [3.63, 3.8) is 0 Å². The summed E-state index contributed by atoms with van der Waals surface area (Å²) >= 11 is 0. The molecule has 1 N–H and O–H groups in total. The van der Waals surface area contributed by atoms with Crippen molar-refractivity contribution in [2.45, 2.75) is 26.3 Å². The molecule has 1 aromatic carbocycles. The molecule has 0 aliphatic carbocycles. The molecule has 27 heavy (non-hydrogen) atoms. The average molecular weight is 367 g/mol. The van der Waals surface area contributed by atoms with Gasteiger partial charge in [-0.05, 0) is 21.0 Å². The summed E-state index contributed by atoms with van der Waals surface area (Å²) in [6.45, 7) is 3.71. The Hall–Kier alpha value is -2.93. The molecule has 1 amide bonds. The van der Waals surface area contributed by atoms with Gasteiger partial charge < -0.3 is 14.6 Å². The fourth-order valence-corrected chi connectivity index (χ4v) is 2.57. The molecule has 0 bridgehead atoms. The van der Waals surface area contributed by atoms with Crippen molar-refractivity contribution in [3.8, 4) is 11.3 Å². The van der Waals surface area contributed by atoms with E-state index in [1.807, 2.05) is 56.2 Å². The lowest BCUT2D eigenvalue weighted by Crippen LogP contribution is -2.18. The number of nitrogens with one attached hydrogen (secondary N) is 1. The SMILES string of the molecule is Cc1ccc(-c2cnc(CCC(=O)Nc3cnn(CCN(C)C)c3)o2)cc1. The fraction of sp³-hybridized carbons (Fsp3) is 0.350. The van der Waals surface area contributed by atoms with Crippen LogP contribution in [0.3, 0.4) is 0 Å². The zero-order chi connectivity index (χ0) is 19.2. The van der Waals surface area contributed by atoms with Crippen molar-refractivity contribution in [1.29, 1.82) is 0 Å². The van der Waals surface area contributed by atoms with Crippen molar-refractivity contribution in [3.05, 3.63) is 54.3 Å². The number of amides is 1. The van der Waals surface area contributed by atoms with Crippen LogP contribution >= 0.6 is 0 Å². The minimum atomic E-state index is -0.0859. The molecular formula is C20H25N5O2. The highest BCUT2D eigenvalue weighted by Crippen LogP contribution is 2.21. The Kier molecular flexibility index (Phi) is 6.03. The summed E-state index contributed by atoms with van der Waals surface area (Å²) in [5.41, 5.74) is 2.88. The van der Waals surface area contributed by atoms with Crippen molar-refractivity contribution < 1.29 is 9.21 Å². The number of likely N-dealkylation sites (N-methyl/N-ethyl adjacent to an activating group) is 1. The van der Waals surface area contributed by atoms with E-state index in [2.05, 4.69) is 20.3 Å². The third kappa shape index (κ3) is 5.52. The Morgan fingerprint density at radius 1 is 1.22 bits per heavy atom. The van der Waals surface area contributed by atoms with E-state index in [9.17, 15) is 4.79 Å². The lowest BCUT2D eigenvalue weighted by Gasteiger charge is -2.08. The van der Waals surface area contributed by atoms with Crippen LogP contribution in [0.1, 0.15) is 17.9 Å². The summed E-state index contributed by atoms with van der Waals surface area (Å²) in [5, 5.41) is 7.11. The molecule has 2 heterocycles. The van der Waals surface area contributed by atoms with E-state index in [1.54, 1.807) is 12.4 Å². The van der Waals surface area contributed by atoms with Crippen molar-refractivity contribution >= 4 is 11.6 Å². The fourth-order valence-electron chi connectivity index (χ4n) is 2.57. The van der Waals surface area contributed by atoms with Gasteiger partial charge >= 0.3 is 0 Å². The van der Waals surface area contributed by atoms with Crippen LogP contribution < -0.4 is 5.32 Å². The van der Waals surface area contributed by atoms with Crippen LogP contribution in [-0.2, 0) is 17.8 Å². The Bertz CT molecular complexity index is 880. The van der Waals surface area contributed by atoms with Crippen LogP contribution in [0.25, 0.3) is 11.3 Å². The van der Waals surface area contributed by atoms with E-state index in [4.69, 9.17) is 4.42 Å². The molecule has 142 valence electrons. The molecule has 0 unspecified atom stereocenters. The topological polar surface area (TPSA) is 76.2 Å². The number of aromatic nitrogens is 3. The van der Waals surface area contributed by atoms with Gasteiger partial charge in [-0.15, -0.1) is 0 Å². The summed E-state index contributed by atoms with van der Waals surface area (Å²) in [6, 6.07) is 8.06. The highest BCUT2D eigenvalue weighted by molar-refractivity contribution is 5.90. The molecule has 0 saturated carbocycles. The Morgan fingerprint density at radius 3 is 2.74 bits per heavy atom. The second-order valence-corrected chi connectivity index (χ2v) is 6.83. The number of oxazole rings is 1. The number of nitrogens with zero attached hydrogens (tertiary/aromatic N) is 4. The van der Waals surface area contributed by atoms with Gasteiger partial charge in [0.25, 0.3) is 0 Å². The number of aryl methyl sites for hydroxylation is 2. The molecule has 0 atom stereocenters. The molecule has 2 aromatic heterocycles. The number of anilines is 1. The smallest absolute Gasteiger partial charge is 0.224 e. The zero-order valence-electron chi connectivity index (χ0n) is 16.0. The van der Waals surface area contributed by atoms with Gasteiger partial charge in [-0.3, -0.25) is 9.48 Å². The highest BCUT2D eigenvalue weighted by atomic mass is 16.4. The number of rotatable bonds is 8. The Labute approximate surface area is 159 Å². The molecule has 0 aliphatic rings. The van der Waals surface area contributed by atoms with Crippen LogP contribution in [0, 0.1) is 6.92 Å². The second-order valence-electron chi connectivity index (χ2n) is 6.83. The largest absolute Gasteiger partial charge is 0.441 e. The first-order valence-electron chi connectivity index (χ1n) is 8.98. The number of benzene rings is 1. The van der Waals surface area contributed by atoms with E-state index in [0.29, 0.717) is 30.2 Å². The van der Waals surface area contributed by atoms with Gasteiger partial charge in [-0.2, -0.15) is 5.10 Å². The molecule has 7 nitrogen and oxygen atoms in total. The second kappa shape index (κ2) is 8.64. The molecular weight excluding hydrogens is 342 g/mol. The predicted molar refractivity (Wildman–Crippen MR) is 104 cm³/mol. The maximum atomic E-state index is 12.1. The van der Waals surface area contributed by atoms with E-state index in [1.165, 1.54) is 5.56 Å². The first-order chi connectivity index (χ1) is 13.0. The van der Waals surface area contributed by atoms with Crippen LogP contribution in [0.4, 0.5) is 5.69 Å². The van der Waals surface area contributed by atoms with Gasteiger partial charge in [-0.1, -0.05) is 29.8 Å². The third-order valence-corrected chi connectivity index (χ3v) is 4.15. The number of carbonyl (C=O) groups is 1. The monoisotopic (exact) mass is 367 g/mol. The standard InChI is InChI=1S/C20H25N5O2/c1-15-4-6-16(7-5-15)18-13-21-20(27-18)9-8-19(26)23-17-12-22-25(14-17)11-10-24(2)3/h4-7,12-14H,8-11H2,1-3H3,(H,23,26). The number of hydrogen-bond donors (Lipinski definition) is 1. The first kappa shape index (κ1) is 18.8. The van der Waals surface area contributed by atoms with E-state index in [0.717, 1.165) is 18.7 Å². The third-order valence-electron chi connectivity index (χ3n) is 4.15. The molecule has 0 spiro atoms. The maximum Gasteiger partial charge on any atom is 0.224 e. The molecule has 0 fully saturated rings. The quantitative estimate of drug-likeness (QED) is 0.662. The van der Waals surface area contributed by atoms with Gasteiger partial charge in [0.2, 0.25) is 5.91 Å². The van der Waals surface area contributed by atoms with Crippen LogP contribution in [0.5, 0.6) is 0 Å². The molecule has 0 aliphatic heterocycles. The minimum Gasteiger partial charge on any atom is -0.441 e. The van der Waals surface area contributed by atoms with E-state index in [-0.39, 0.29) is 5.91 Å². The molecule has 3 rings (SSSR count). The van der Waals surface area contributed by atoms with E-state index >= 15 is 0 Å². The number of carbonyl (C=O) groups excluding carboxylic acids is 1. The molecule has 0 saturated heterocycles. The summed E-state index contributed by atoms with van der Waals surface area (Å²) in [5.74, 6) is 1.19. The summed E-state index contributed by atoms with van der Waals surface area (Å²) < 4.78 is 7.57. The van der Waals surface area contributed by atoms with Crippen LogP contribution in [0.2, 0.25) is 0 Å². The summed E-state index contributed by atoms with van der Waals surface area (Å²) in [6.07, 6.45) is 5.95. The Balaban J connectivity index is 1.49. The van der Waals surface area contributed by atoms with Gasteiger partial charge in [-0.25, -0.2) is 4.98 Å². The normalized spacial score (nSPS) is 11.1. The summed E-state index contributed by atoms with van der Waals surface area (Å²) in [4.78, 5) is 18.5. The lowest BCUT2D eigenvalue weighted by atomic mass is 10.1. The van der Waals surface area contributed by atoms with E-state index < -0.39 is 0 Å². The van der Waals surface area contributed by atoms with Gasteiger partial charge in [0.1, 0.15) is 0 Å². The minimum absolute atomic E-state index is 0.0859. The average Bonchev–Trinajstić information content (AvgIpc) is 3.28. The Morgan fingerprint density at radius 2 is 2.00 bits per heavy atom. The van der Waals surface area contributed by atoms with Crippen LogP contribution in [-0.4, -0.2) is 46.2 Å². The van der Waals surface area contributed by atoms with Gasteiger partial charge in [0.05, 0.1) is 24.6 Å². The van der Waals surface area contributed by atoms with Gasteiger partial charge in [0.15, 0.2) is 11.7 Å². The molecule has 3 aromatic rings. The predicted octanol–water partition coefficient (Wildman–Crippen LogP) is 2.98. The molecule has 0 radical (unpaired) electrons. The summed E-state index contributed by atoms with van der Waals surface area (Å²) in [7, 11) is 4.03.